The minimum absolute atomic E-state index is 0.253. The predicted molar refractivity (Wildman–Crippen MR) is 72.9 cm³/mol. The Balaban J connectivity index is 1.87. The van der Waals surface area contributed by atoms with Crippen molar-refractivity contribution in [3.05, 3.63) is 5.56 Å². The van der Waals surface area contributed by atoms with Crippen molar-refractivity contribution in [2.45, 2.75) is 32.6 Å². The van der Waals surface area contributed by atoms with E-state index in [9.17, 15) is 4.79 Å². The highest BCUT2D eigenvalue weighted by Crippen LogP contribution is 2.33. The van der Waals surface area contributed by atoms with Crippen LogP contribution >= 0.6 is 11.5 Å². The molecule has 1 aliphatic carbocycles. The molecule has 5 nitrogen and oxygen atoms in total. The summed E-state index contributed by atoms with van der Waals surface area (Å²) in [5.41, 5.74) is 6.08. The molecule has 100 valence electrons. The average Bonchev–Trinajstić information content (AvgIpc) is 3.09. The van der Waals surface area contributed by atoms with Gasteiger partial charge in [-0.1, -0.05) is 12.8 Å². The third kappa shape index (κ3) is 3.35. The van der Waals surface area contributed by atoms with Crippen LogP contribution in [0, 0.1) is 5.92 Å². The number of hydrogen-bond donors (Lipinski definition) is 2. The Morgan fingerprint density at radius 2 is 2.39 bits per heavy atom. The molecule has 1 saturated carbocycles. The van der Waals surface area contributed by atoms with Gasteiger partial charge in [0.25, 0.3) is 0 Å². The van der Waals surface area contributed by atoms with E-state index in [4.69, 9.17) is 10.5 Å². The summed E-state index contributed by atoms with van der Waals surface area (Å²) in [4.78, 5) is 11.7. The van der Waals surface area contributed by atoms with E-state index >= 15 is 0 Å². The number of nitrogen functional groups attached to an aromatic ring is 1. The van der Waals surface area contributed by atoms with Gasteiger partial charge in [-0.2, -0.15) is 4.37 Å². The fourth-order valence-electron chi connectivity index (χ4n) is 1.82. The average molecular weight is 269 g/mol. The molecule has 18 heavy (non-hydrogen) atoms. The van der Waals surface area contributed by atoms with Crippen LogP contribution in [0.5, 0.6) is 0 Å². The zero-order chi connectivity index (χ0) is 13.0. The normalized spacial score (nSPS) is 14.5. The number of esters is 1. The zero-order valence-corrected chi connectivity index (χ0v) is 11.4. The second-order valence-corrected chi connectivity index (χ2v) is 5.28. The first kappa shape index (κ1) is 13.1. The third-order valence-corrected chi connectivity index (χ3v) is 3.79. The summed E-state index contributed by atoms with van der Waals surface area (Å²) in [6.07, 6.45) is 5.13. The van der Waals surface area contributed by atoms with Crippen molar-refractivity contribution < 1.29 is 9.53 Å². The highest BCUT2D eigenvalue weighted by atomic mass is 32.1. The fourth-order valence-corrected chi connectivity index (χ4v) is 2.55. The van der Waals surface area contributed by atoms with E-state index in [-0.39, 0.29) is 5.82 Å². The summed E-state index contributed by atoms with van der Waals surface area (Å²) in [5, 5.41) is 3.96. The van der Waals surface area contributed by atoms with Gasteiger partial charge in [0.15, 0.2) is 5.82 Å². The van der Waals surface area contributed by atoms with Crippen molar-refractivity contribution in [2.75, 3.05) is 24.2 Å². The van der Waals surface area contributed by atoms with Crippen LogP contribution in [0.25, 0.3) is 0 Å². The van der Waals surface area contributed by atoms with Gasteiger partial charge in [-0.15, -0.1) is 0 Å². The number of aromatic nitrogens is 1. The number of carbonyl (C=O) groups excluding carboxylic acids is 1. The van der Waals surface area contributed by atoms with E-state index in [1.54, 1.807) is 6.92 Å². The van der Waals surface area contributed by atoms with Crippen LogP contribution in [0.4, 0.5) is 10.8 Å². The fraction of sp³-hybridized carbons (Fsp3) is 0.667. The maximum atomic E-state index is 11.7. The van der Waals surface area contributed by atoms with Crippen LogP contribution in [0.3, 0.4) is 0 Å². The molecule has 0 amide bonds. The van der Waals surface area contributed by atoms with Crippen LogP contribution in [0.1, 0.15) is 43.0 Å². The molecule has 1 aliphatic rings. The smallest absolute Gasteiger partial charge is 0.344 e. The molecule has 0 aliphatic heterocycles. The summed E-state index contributed by atoms with van der Waals surface area (Å²) in [6, 6.07) is 0. The summed E-state index contributed by atoms with van der Waals surface area (Å²) in [7, 11) is 0. The van der Waals surface area contributed by atoms with Gasteiger partial charge in [0.05, 0.1) is 6.61 Å². The first-order chi connectivity index (χ1) is 8.72. The number of carbonyl (C=O) groups is 1. The Hall–Kier alpha value is -1.30. The molecule has 0 unspecified atom stereocenters. The molecule has 0 aromatic carbocycles. The highest BCUT2D eigenvalue weighted by Gasteiger charge is 2.22. The zero-order valence-electron chi connectivity index (χ0n) is 10.6. The Bertz CT molecular complexity index is 415. The molecule has 3 N–H and O–H groups in total. The second-order valence-electron chi connectivity index (χ2n) is 4.50. The van der Waals surface area contributed by atoms with E-state index in [0.29, 0.717) is 12.2 Å². The molecule has 0 spiro atoms. The number of nitrogens with one attached hydrogen (secondary N) is 1. The van der Waals surface area contributed by atoms with Gasteiger partial charge in [0.1, 0.15) is 10.6 Å². The van der Waals surface area contributed by atoms with Crippen LogP contribution in [-0.4, -0.2) is 23.5 Å². The summed E-state index contributed by atoms with van der Waals surface area (Å²) >= 11 is 1.22. The monoisotopic (exact) mass is 269 g/mol. The van der Waals surface area contributed by atoms with Crippen molar-refractivity contribution in [2.24, 2.45) is 5.92 Å². The molecular formula is C12H19N3O2S. The molecule has 1 heterocycles. The first-order valence-electron chi connectivity index (χ1n) is 6.38. The third-order valence-electron chi connectivity index (χ3n) is 2.97. The molecule has 0 radical (unpaired) electrons. The molecule has 2 rings (SSSR count). The summed E-state index contributed by atoms with van der Waals surface area (Å²) in [6.45, 7) is 2.97. The number of nitrogens with zero attached hydrogens (tertiary/aromatic N) is 1. The lowest BCUT2D eigenvalue weighted by molar-refractivity contribution is 0.0529. The Kier molecular flexibility index (Phi) is 4.41. The van der Waals surface area contributed by atoms with Crippen molar-refractivity contribution in [1.82, 2.24) is 4.37 Å². The highest BCUT2D eigenvalue weighted by molar-refractivity contribution is 7.11. The van der Waals surface area contributed by atoms with Crippen LogP contribution in [-0.2, 0) is 4.74 Å². The topological polar surface area (TPSA) is 77.2 Å². The molecule has 0 atom stereocenters. The van der Waals surface area contributed by atoms with Crippen molar-refractivity contribution in [3.8, 4) is 0 Å². The maximum absolute atomic E-state index is 11.7. The van der Waals surface area contributed by atoms with Crippen LogP contribution in [0.15, 0.2) is 0 Å². The lowest BCUT2D eigenvalue weighted by Crippen LogP contribution is -2.10. The Morgan fingerprint density at radius 1 is 1.61 bits per heavy atom. The van der Waals surface area contributed by atoms with Gasteiger partial charge >= 0.3 is 5.97 Å². The molecule has 1 aromatic rings. The van der Waals surface area contributed by atoms with Gasteiger partial charge in [0, 0.05) is 6.54 Å². The van der Waals surface area contributed by atoms with Gasteiger partial charge in [-0.3, -0.25) is 0 Å². The lowest BCUT2D eigenvalue weighted by Gasteiger charge is -2.06. The van der Waals surface area contributed by atoms with Gasteiger partial charge in [-0.05, 0) is 37.2 Å². The standard InChI is InChI=1S/C12H19N3O2S/c1-2-17-12(16)9-10(13)15-18-11(9)14-7-3-4-8-5-6-8/h8,14H,2-7H2,1H3,(H2,13,15). The summed E-state index contributed by atoms with van der Waals surface area (Å²) < 4.78 is 8.97. The van der Waals surface area contributed by atoms with Crippen molar-refractivity contribution >= 4 is 28.3 Å². The SMILES string of the molecule is CCOC(=O)c1c(N)nsc1NCCCC1CC1. The second kappa shape index (κ2) is 6.04. The molecule has 1 aromatic heterocycles. The quantitative estimate of drug-likeness (QED) is 0.587. The van der Waals surface area contributed by atoms with E-state index in [0.717, 1.165) is 23.9 Å². The molecular weight excluding hydrogens is 250 g/mol. The number of nitrogens with two attached hydrogens (primary N) is 1. The van der Waals surface area contributed by atoms with Crippen molar-refractivity contribution in [1.29, 1.82) is 0 Å². The van der Waals surface area contributed by atoms with Gasteiger partial charge < -0.3 is 15.8 Å². The first-order valence-corrected chi connectivity index (χ1v) is 7.15. The molecule has 0 saturated heterocycles. The van der Waals surface area contributed by atoms with E-state index in [1.807, 2.05) is 0 Å². The predicted octanol–water partition coefficient (Wildman–Crippen LogP) is 2.50. The number of rotatable bonds is 7. The van der Waals surface area contributed by atoms with Crippen molar-refractivity contribution in [3.63, 3.8) is 0 Å². The largest absolute Gasteiger partial charge is 0.462 e. The molecule has 1 fully saturated rings. The van der Waals surface area contributed by atoms with Gasteiger partial charge in [0.2, 0.25) is 0 Å². The summed E-state index contributed by atoms with van der Waals surface area (Å²) in [5.74, 6) is 0.791. The minimum Gasteiger partial charge on any atom is -0.462 e. The maximum Gasteiger partial charge on any atom is 0.344 e. The van der Waals surface area contributed by atoms with Crippen LogP contribution in [0.2, 0.25) is 0 Å². The molecule has 6 heteroatoms. The molecule has 0 bridgehead atoms. The van der Waals surface area contributed by atoms with Crippen LogP contribution < -0.4 is 11.1 Å². The van der Waals surface area contributed by atoms with Gasteiger partial charge in [-0.25, -0.2) is 4.79 Å². The Morgan fingerprint density at radius 3 is 3.06 bits per heavy atom. The van der Waals surface area contributed by atoms with E-state index < -0.39 is 5.97 Å². The van der Waals surface area contributed by atoms with E-state index in [2.05, 4.69) is 9.69 Å². The van der Waals surface area contributed by atoms with E-state index in [1.165, 1.54) is 30.8 Å². The number of anilines is 2. The minimum atomic E-state index is -0.395. The lowest BCUT2D eigenvalue weighted by atomic mass is 10.2. The number of ether oxygens (including phenoxy) is 1. The Labute approximate surface area is 111 Å². The number of hydrogen-bond acceptors (Lipinski definition) is 6.